The van der Waals surface area contributed by atoms with Crippen molar-refractivity contribution in [3.63, 3.8) is 0 Å². The molecule has 1 fully saturated rings. The van der Waals surface area contributed by atoms with Gasteiger partial charge in [0.1, 0.15) is 6.04 Å². The Morgan fingerprint density at radius 1 is 1.05 bits per heavy atom. The molecule has 2 aromatic carbocycles. The summed E-state index contributed by atoms with van der Waals surface area (Å²) >= 11 is 12.1. The average Bonchev–Trinajstić information content (AvgIpc) is 3.35. The number of hydrogen-bond acceptors (Lipinski definition) is 4. The van der Waals surface area contributed by atoms with Gasteiger partial charge in [-0.2, -0.15) is 0 Å². The van der Waals surface area contributed by atoms with Crippen molar-refractivity contribution in [2.45, 2.75) is 70.5 Å². The van der Waals surface area contributed by atoms with Gasteiger partial charge in [-0.1, -0.05) is 61.2 Å². The number of nitrogens with one attached hydrogen (secondary N) is 1. The molecule has 202 valence electrons. The highest BCUT2D eigenvalue weighted by Gasteiger charge is 2.30. The van der Waals surface area contributed by atoms with Crippen LogP contribution in [0.25, 0.3) is 0 Å². The summed E-state index contributed by atoms with van der Waals surface area (Å²) in [4.78, 5) is 28.3. The van der Waals surface area contributed by atoms with Crippen molar-refractivity contribution < 1.29 is 18.0 Å². The minimum absolute atomic E-state index is 0.0907. The molecule has 0 radical (unpaired) electrons. The first-order valence-corrected chi connectivity index (χ1v) is 15.3. The van der Waals surface area contributed by atoms with Crippen LogP contribution >= 0.6 is 23.2 Å². The lowest BCUT2D eigenvalue weighted by Crippen LogP contribution is -2.51. The van der Waals surface area contributed by atoms with E-state index in [1.165, 1.54) is 4.31 Å². The van der Waals surface area contributed by atoms with E-state index >= 15 is 0 Å². The predicted molar refractivity (Wildman–Crippen MR) is 149 cm³/mol. The van der Waals surface area contributed by atoms with Crippen LogP contribution in [-0.4, -0.2) is 50.0 Å². The first kappa shape index (κ1) is 29.3. The third kappa shape index (κ3) is 8.62. The second-order valence-electron chi connectivity index (χ2n) is 9.48. The molecule has 1 aliphatic carbocycles. The Labute approximate surface area is 230 Å². The Bertz CT molecular complexity index is 1170. The molecular weight excluding hydrogens is 533 g/mol. The summed E-state index contributed by atoms with van der Waals surface area (Å²) < 4.78 is 26.2. The van der Waals surface area contributed by atoms with Crippen LogP contribution in [-0.2, 0) is 26.2 Å². The fraction of sp³-hybridized carbons (Fsp3) is 0.481. The molecule has 10 heteroatoms. The topological polar surface area (TPSA) is 86.8 Å². The average molecular weight is 569 g/mol. The second-order valence-corrected chi connectivity index (χ2v) is 12.3. The fourth-order valence-corrected chi connectivity index (χ4v) is 5.98. The largest absolute Gasteiger partial charge is 0.352 e. The van der Waals surface area contributed by atoms with E-state index in [9.17, 15) is 18.0 Å². The molecule has 1 aliphatic rings. The van der Waals surface area contributed by atoms with Crippen LogP contribution in [0.2, 0.25) is 10.0 Å². The molecule has 1 atom stereocenters. The van der Waals surface area contributed by atoms with Crippen LogP contribution in [0, 0.1) is 0 Å². The lowest BCUT2D eigenvalue weighted by molar-refractivity contribution is -0.141. The quantitative estimate of drug-likeness (QED) is 0.371. The van der Waals surface area contributed by atoms with Crippen LogP contribution in [0.1, 0.15) is 57.4 Å². The van der Waals surface area contributed by atoms with Gasteiger partial charge in [-0.25, -0.2) is 8.42 Å². The standard InChI is InChI=1S/C27H35Cl2N3O4S/c1-3-25(27(34)30-23-9-4-5-10-23)31(19-20-13-15-21(28)16-14-20)26(33)12-7-17-32(37(2,35)36)24-11-6-8-22(29)18-24/h6,8,11,13-16,18,23,25H,3-5,7,9-10,12,17,19H2,1-2H3,(H,30,34). The summed E-state index contributed by atoms with van der Waals surface area (Å²) in [7, 11) is -3.58. The third-order valence-corrected chi connectivity index (χ3v) is 8.28. The molecule has 2 aromatic rings. The SMILES string of the molecule is CCC(C(=O)NC1CCCC1)N(Cc1ccc(Cl)cc1)C(=O)CCCN(c1cccc(Cl)c1)S(C)(=O)=O. The maximum atomic E-state index is 13.5. The minimum Gasteiger partial charge on any atom is -0.352 e. The van der Waals surface area contributed by atoms with E-state index in [-0.39, 0.29) is 43.8 Å². The maximum Gasteiger partial charge on any atom is 0.243 e. The van der Waals surface area contributed by atoms with E-state index in [4.69, 9.17) is 23.2 Å². The van der Waals surface area contributed by atoms with Crippen molar-refractivity contribution in [3.05, 3.63) is 64.1 Å². The van der Waals surface area contributed by atoms with Gasteiger partial charge in [0.2, 0.25) is 21.8 Å². The summed E-state index contributed by atoms with van der Waals surface area (Å²) in [5.74, 6) is -0.351. The number of carbonyl (C=O) groups is 2. The van der Waals surface area contributed by atoms with Crippen molar-refractivity contribution in [1.82, 2.24) is 10.2 Å². The Kier molecular flexibility index (Phi) is 10.7. The number of sulfonamides is 1. The number of carbonyl (C=O) groups excluding carboxylic acids is 2. The van der Waals surface area contributed by atoms with Crippen molar-refractivity contribution >= 4 is 50.7 Å². The lowest BCUT2D eigenvalue weighted by atomic mass is 10.1. The van der Waals surface area contributed by atoms with Crippen LogP contribution in [0.5, 0.6) is 0 Å². The van der Waals surface area contributed by atoms with Crippen molar-refractivity contribution in [3.8, 4) is 0 Å². The molecule has 1 saturated carbocycles. The Balaban J connectivity index is 1.75. The molecule has 0 bridgehead atoms. The van der Waals surface area contributed by atoms with E-state index < -0.39 is 16.1 Å². The smallest absolute Gasteiger partial charge is 0.243 e. The van der Waals surface area contributed by atoms with Crippen LogP contribution in [0.15, 0.2) is 48.5 Å². The summed E-state index contributed by atoms with van der Waals surface area (Å²) in [6.45, 7) is 2.27. The van der Waals surface area contributed by atoms with Gasteiger partial charge in [0.25, 0.3) is 0 Å². The van der Waals surface area contributed by atoms with Gasteiger partial charge in [-0.3, -0.25) is 13.9 Å². The van der Waals surface area contributed by atoms with Gasteiger partial charge >= 0.3 is 0 Å². The van der Waals surface area contributed by atoms with E-state index in [2.05, 4.69) is 5.32 Å². The van der Waals surface area contributed by atoms with Gasteiger partial charge in [0.05, 0.1) is 11.9 Å². The molecule has 0 aromatic heterocycles. The maximum absolute atomic E-state index is 13.5. The van der Waals surface area contributed by atoms with E-state index in [1.807, 2.05) is 19.1 Å². The highest BCUT2D eigenvalue weighted by molar-refractivity contribution is 7.92. The number of hydrogen-bond donors (Lipinski definition) is 1. The Hall–Kier alpha value is -2.29. The number of rotatable bonds is 12. The van der Waals surface area contributed by atoms with Crippen LogP contribution in [0.4, 0.5) is 5.69 Å². The normalized spacial score (nSPS) is 14.8. The van der Waals surface area contributed by atoms with E-state index in [0.29, 0.717) is 22.2 Å². The Morgan fingerprint density at radius 2 is 1.73 bits per heavy atom. The van der Waals surface area contributed by atoms with E-state index in [0.717, 1.165) is 37.5 Å². The van der Waals surface area contributed by atoms with Gasteiger partial charge in [-0.15, -0.1) is 0 Å². The highest BCUT2D eigenvalue weighted by Crippen LogP contribution is 2.23. The monoisotopic (exact) mass is 567 g/mol. The molecule has 1 N–H and O–H groups in total. The van der Waals surface area contributed by atoms with Gasteiger partial charge in [0, 0.05) is 35.6 Å². The van der Waals surface area contributed by atoms with Gasteiger partial charge < -0.3 is 10.2 Å². The summed E-state index contributed by atoms with van der Waals surface area (Å²) in [5, 5.41) is 4.15. The zero-order valence-electron chi connectivity index (χ0n) is 21.3. The number of benzene rings is 2. The number of anilines is 1. The molecule has 7 nitrogen and oxygen atoms in total. The minimum atomic E-state index is -3.58. The molecule has 1 unspecified atom stereocenters. The molecule has 0 spiro atoms. The zero-order chi connectivity index (χ0) is 27.0. The number of nitrogens with zero attached hydrogens (tertiary/aromatic N) is 2. The molecule has 2 amide bonds. The van der Waals surface area contributed by atoms with Crippen molar-refractivity contribution in [2.24, 2.45) is 0 Å². The fourth-order valence-electron chi connectivity index (χ4n) is 4.71. The van der Waals surface area contributed by atoms with E-state index in [1.54, 1.807) is 41.3 Å². The number of halogens is 2. The first-order chi connectivity index (χ1) is 17.6. The van der Waals surface area contributed by atoms with Crippen LogP contribution < -0.4 is 9.62 Å². The Morgan fingerprint density at radius 3 is 2.32 bits per heavy atom. The molecular formula is C27H35Cl2N3O4S. The number of amides is 2. The van der Waals surface area contributed by atoms with Gasteiger partial charge in [-0.05, 0) is 61.6 Å². The summed E-state index contributed by atoms with van der Waals surface area (Å²) in [6.07, 6.45) is 6.08. The van der Waals surface area contributed by atoms with Gasteiger partial charge in [0.15, 0.2) is 0 Å². The molecule has 0 heterocycles. The van der Waals surface area contributed by atoms with Crippen molar-refractivity contribution in [1.29, 1.82) is 0 Å². The summed E-state index contributed by atoms with van der Waals surface area (Å²) in [5.41, 5.74) is 1.31. The predicted octanol–water partition coefficient (Wildman–Crippen LogP) is 5.41. The van der Waals surface area contributed by atoms with Crippen molar-refractivity contribution in [2.75, 3.05) is 17.1 Å². The third-order valence-electron chi connectivity index (χ3n) is 6.60. The van der Waals surface area contributed by atoms with Crippen LogP contribution in [0.3, 0.4) is 0 Å². The second kappa shape index (κ2) is 13.5. The zero-order valence-corrected chi connectivity index (χ0v) is 23.7. The first-order valence-electron chi connectivity index (χ1n) is 12.7. The summed E-state index contributed by atoms with van der Waals surface area (Å²) in [6, 6.07) is 13.3. The molecule has 3 rings (SSSR count). The highest BCUT2D eigenvalue weighted by atomic mass is 35.5. The lowest BCUT2D eigenvalue weighted by Gasteiger charge is -2.32. The molecule has 0 saturated heterocycles. The molecule has 0 aliphatic heterocycles. The molecule has 37 heavy (non-hydrogen) atoms.